The standard InChI is InChI=1S/C31H33ClN4O4/c32-25-14-20(4-5-21(25)16-33)17-35-13-12-31(40,30(19-35)10-2-1-3-11-30)23-6-7-24-22(15-23)18-36(29(24)39)26-8-9-27(37)34-28(26)38/h4-7,14-15,26,40H,1-3,8-13,17-19H2,(H,34,37,38). The van der Waals surface area contributed by atoms with Gasteiger partial charge < -0.3 is 10.0 Å². The van der Waals surface area contributed by atoms with Crippen molar-refractivity contribution in [2.24, 2.45) is 5.41 Å². The molecule has 0 aromatic heterocycles. The normalized spacial score (nSPS) is 26.5. The Morgan fingerprint density at radius 2 is 1.88 bits per heavy atom. The van der Waals surface area contributed by atoms with Gasteiger partial charge in [-0.15, -0.1) is 0 Å². The zero-order valence-corrected chi connectivity index (χ0v) is 23.2. The molecule has 0 bridgehead atoms. The molecule has 2 unspecified atom stereocenters. The first-order valence-electron chi connectivity index (χ1n) is 14.1. The van der Waals surface area contributed by atoms with Crippen molar-refractivity contribution < 1.29 is 19.5 Å². The van der Waals surface area contributed by atoms with E-state index in [0.29, 0.717) is 48.6 Å². The Balaban J connectivity index is 1.26. The van der Waals surface area contributed by atoms with Gasteiger partial charge in [-0.05, 0) is 60.6 Å². The topological polar surface area (TPSA) is 114 Å². The number of hydrogen-bond acceptors (Lipinski definition) is 6. The number of carbonyl (C=O) groups excluding carboxylic acids is 3. The van der Waals surface area contributed by atoms with Gasteiger partial charge in [-0.25, -0.2) is 0 Å². The highest BCUT2D eigenvalue weighted by Crippen LogP contribution is 2.55. The van der Waals surface area contributed by atoms with Crippen molar-refractivity contribution in [1.82, 2.24) is 15.1 Å². The molecule has 40 heavy (non-hydrogen) atoms. The molecule has 3 fully saturated rings. The maximum atomic E-state index is 13.2. The summed E-state index contributed by atoms with van der Waals surface area (Å²) in [5, 5.41) is 24.5. The molecule has 2 aromatic rings. The van der Waals surface area contributed by atoms with Gasteiger partial charge in [0.2, 0.25) is 11.8 Å². The first-order valence-corrected chi connectivity index (χ1v) is 14.5. The van der Waals surface area contributed by atoms with Crippen LogP contribution in [0.1, 0.15) is 84.0 Å². The molecule has 1 aliphatic carbocycles. The number of amides is 3. The summed E-state index contributed by atoms with van der Waals surface area (Å²) in [7, 11) is 0. The summed E-state index contributed by atoms with van der Waals surface area (Å²) in [6.45, 7) is 2.44. The number of nitriles is 1. The van der Waals surface area contributed by atoms with Crippen LogP contribution in [0.25, 0.3) is 0 Å². The van der Waals surface area contributed by atoms with Gasteiger partial charge in [0.25, 0.3) is 5.91 Å². The van der Waals surface area contributed by atoms with Crippen molar-refractivity contribution in [2.75, 3.05) is 13.1 Å². The third-order valence-corrected chi connectivity index (χ3v) is 9.88. The van der Waals surface area contributed by atoms with E-state index >= 15 is 0 Å². The maximum absolute atomic E-state index is 13.2. The van der Waals surface area contributed by atoms with Crippen molar-refractivity contribution in [3.8, 4) is 6.07 Å². The smallest absolute Gasteiger partial charge is 0.255 e. The largest absolute Gasteiger partial charge is 0.384 e. The summed E-state index contributed by atoms with van der Waals surface area (Å²) in [5.74, 6) is -0.930. The zero-order valence-electron chi connectivity index (χ0n) is 22.4. The monoisotopic (exact) mass is 560 g/mol. The lowest BCUT2D eigenvalue weighted by atomic mass is 9.57. The Morgan fingerprint density at radius 3 is 2.60 bits per heavy atom. The second kappa shape index (κ2) is 10.3. The summed E-state index contributed by atoms with van der Waals surface area (Å²) in [5.41, 5.74) is 2.38. The van der Waals surface area contributed by atoms with Crippen molar-refractivity contribution in [3.63, 3.8) is 0 Å². The minimum absolute atomic E-state index is 0.202. The maximum Gasteiger partial charge on any atom is 0.255 e. The van der Waals surface area contributed by atoms with Gasteiger partial charge in [0.15, 0.2) is 0 Å². The molecule has 2 N–H and O–H groups in total. The number of rotatable bonds is 4. The number of nitrogens with one attached hydrogen (secondary N) is 1. The van der Waals surface area contributed by atoms with E-state index in [-0.39, 0.29) is 23.7 Å². The van der Waals surface area contributed by atoms with Crippen molar-refractivity contribution in [2.45, 2.75) is 76.1 Å². The van der Waals surface area contributed by atoms with Gasteiger partial charge in [0, 0.05) is 43.6 Å². The highest BCUT2D eigenvalue weighted by Gasteiger charge is 2.55. The summed E-state index contributed by atoms with van der Waals surface area (Å²) in [6.07, 6.45) is 6.24. The Morgan fingerprint density at radius 1 is 1.07 bits per heavy atom. The second-order valence-electron chi connectivity index (χ2n) is 11.9. The van der Waals surface area contributed by atoms with E-state index in [2.05, 4.69) is 16.3 Å². The first kappa shape index (κ1) is 26.9. The predicted octanol–water partition coefficient (Wildman–Crippen LogP) is 4.02. The Bertz CT molecular complexity index is 1430. The highest BCUT2D eigenvalue weighted by molar-refractivity contribution is 6.31. The molecule has 9 heteroatoms. The van der Waals surface area contributed by atoms with Crippen LogP contribution in [0, 0.1) is 16.7 Å². The number of fused-ring (bicyclic) bond motifs is 1. The third kappa shape index (κ3) is 4.50. The number of imide groups is 1. The molecule has 3 aliphatic heterocycles. The van der Waals surface area contributed by atoms with Crippen LogP contribution in [0.15, 0.2) is 36.4 Å². The van der Waals surface area contributed by atoms with Gasteiger partial charge in [-0.3, -0.25) is 24.6 Å². The molecular weight excluding hydrogens is 528 g/mol. The average Bonchev–Trinajstić information content (AvgIpc) is 3.27. The summed E-state index contributed by atoms with van der Waals surface area (Å²) in [6, 6.07) is 12.7. The van der Waals surface area contributed by atoms with Gasteiger partial charge in [0.05, 0.1) is 16.2 Å². The lowest BCUT2D eigenvalue weighted by Crippen LogP contribution is -2.58. The number of aliphatic hydroxyl groups is 1. The Kier molecular flexibility index (Phi) is 6.94. The number of halogens is 1. The van der Waals surface area contributed by atoms with E-state index in [4.69, 9.17) is 11.6 Å². The fourth-order valence-corrected chi connectivity index (χ4v) is 7.69. The summed E-state index contributed by atoms with van der Waals surface area (Å²) < 4.78 is 0. The van der Waals surface area contributed by atoms with E-state index < -0.39 is 17.6 Å². The third-order valence-electron chi connectivity index (χ3n) is 9.57. The van der Waals surface area contributed by atoms with E-state index in [1.807, 2.05) is 24.3 Å². The van der Waals surface area contributed by atoms with Crippen molar-refractivity contribution >= 4 is 29.3 Å². The zero-order chi connectivity index (χ0) is 28.1. The molecule has 2 saturated heterocycles. The van der Waals surface area contributed by atoms with E-state index in [1.54, 1.807) is 17.0 Å². The number of piperidine rings is 2. The number of nitrogens with zero attached hydrogens (tertiary/aromatic N) is 3. The SMILES string of the molecule is N#Cc1ccc(CN2CCC(O)(c3ccc4c(c3)CN(C3CCC(=O)NC3=O)C4=O)C3(CCCCC3)C2)cc1Cl. The molecule has 2 atom stereocenters. The van der Waals surface area contributed by atoms with Crippen molar-refractivity contribution in [1.29, 1.82) is 5.26 Å². The van der Waals surface area contributed by atoms with Gasteiger partial charge in [-0.1, -0.05) is 49.1 Å². The summed E-state index contributed by atoms with van der Waals surface area (Å²) in [4.78, 5) is 41.3. The van der Waals surface area contributed by atoms with E-state index in [1.165, 1.54) is 0 Å². The van der Waals surface area contributed by atoms with E-state index in [0.717, 1.165) is 55.3 Å². The lowest BCUT2D eigenvalue weighted by Gasteiger charge is -2.56. The average molecular weight is 561 g/mol. The first-order chi connectivity index (χ1) is 19.2. The van der Waals surface area contributed by atoms with Crippen LogP contribution in [0.5, 0.6) is 0 Å². The fraction of sp³-hybridized carbons (Fsp3) is 0.484. The molecule has 208 valence electrons. The van der Waals surface area contributed by atoms with Crippen LogP contribution in [0.3, 0.4) is 0 Å². The Labute approximate surface area is 238 Å². The minimum Gasteiger partial charge on any atom is -0.384 e. The molecule has 4 aliphatic rings. The molecule has 3 amide bonds. The predicted molar refractivity (Wildman–Crippen MR) is 148 cm³/mol. The number of likely N-dealkylation sites (tertiary alicyclic amines) is 1. The fourth-order valence-electron chi connectivity index (χ4n) is 7.45. The molecule has 2 aromatic carbocycles. The van der Waals surface area contributed by atoms with E-state index in [9.17, 15) is 24.8 Å². The molecule has 1 spiro atoms. The van der Waals surface area contributed by atoms with Crippen LogP contribution in [-0.4, -0.2) is 51.8 Å². The molecule has 8 nitrogen and oxygen atoms in total. The van der Waals surface area contributed by atoms with Crippen molar-refractivity contribution in [3.05, 3.63) is 69.2 Å². The van der Waals surface area contributed by atoms with Gasteiger partial charge >= 0.3 is 0 Å². The lowest BCUT2D eigenvalue weighted by molar-refractivity contribution is -0.159. The minimum atomic E-state index is -1.04. The van der Waals surface area contributed by atoms with Crippen LogP contribution < -0.4 is 5.32 Å². The molecule has 0 radical (unpaired) electrons. The van der Waals surface area contributed by atoms with Crippen LogP contribution in [0.2, 0.25) is 5.02 Å². The number of benzene rings is 2. The van der Waals surface area contributed by atoms with Gasteiger partial charge in [0.1, 0.15) is 12.1 Å². The molecular formula is C31H33ClN4O4. The van der Waals surface area contributed by atoms with Gasteiger partial charge in [-0.2, -0.15) is 5.26 Å². The quantitative estimate of drug-likeness (QED) is 0.546. The highest BCUT2D eigenvalue weighted by atomic mass is 35.5. The number of hydrogen-bond donors (Lipinski definition) is 2. The summed E-state index contributed by atoms with van der Waals surface area (Å²) >= 11 is 6.30. The molecule has 6 rings (SSSR count). The number of carbonyl (C=O) groups is 3. The van der Waals surface area contributed by atoms with Crippen LogP contribution in [0.4, 0.5) is 0 Å². The molecule has 3 heterocycles. The van der Waals surface area contributed by atoms with Crippen LogP contribution in [-0.2, 0) is 28.3 Å². The van der Waals surface area contributed by atoms with Crippen LogP contribution >= 0.6 is 11.6 Å². The molecule has 1 saturated carbocycles. The Hall–Kier alpha value is -3.25. The second-order valence-corrected chi connectivity index (χ2v) is 12.3.